The number of carbonyl (C=O) groups is 1. The van der Waals surface area contributed by atoms with E-state index in [2.05, 4.69) is 4.85 Å². The molecule has 0 heterocycles. The molecule has 1 saturated carbocycles. The van der Waals surface area contributed by atoms with Crippen LogP contribution in [-0.2, 0) is 9.47 Å². The summed E-state index contributed by atoms with van der Waals surface area (Å²) in [6, 6.07) is 0. The predicted octanol–water partition coefficient (Wildman–Crippen LogP) is 3.38. The van der Waals surface area contributed by atoms with Crippen LogP contribution in [0.5, 0.6) is 0 Å². The first-order valence-corrected chi connectivity index (χ1v) is 5.72. The Morgan fingerprint density at radius 2 is 2.00 bits per heavy atom. The summed E-state index contributed by atoms with van der Waals surface area (Å²) in [5, 5.41) is 0. The van der Waals surface area contributed by atoms with E-state index in [9.17, 15) is 4.79 Å². The summed E-state index contributed by atoms with van der Waals surface area (Å²) in [5.41, 5.74) is -1.35. The molecule has 0 saturated heterocycles. The van der Waals surface area contributed by atoms with E-state index >= 15 is 0 Å². The number of hydrogen-bond donors (Lipinski definition) is 0. The van der Waals surface area contributed by atoms with Gasteiger partial charge in [0.2, 0.25) is 0 Å². The normalized spacial score (nSPS) is 27.9. The van der Waals surface area contributed by atoms with Gasteiger partial charge in [0.1, 0.15) is 0 Å². The smallest absolute Gasteiger partial charge is 0.434 e. The second-order valence-corrected chi connectivity index (χ2v) is 4.77. The Balaban J connectivity index is 2.83. The molecule has 1 atom stereocenters. The van der Waals surface area contributed by atoms with Gasteiger partial charge in [0.05, 0.1) is 18.4 Å². The van der Waals surface area contributed by atoms with Gasteiger partial charge in [0, 0.05) is 0 Å². The van der Waals surface area contributed by atoms with Crippen LogP contribution in [0, 0.1) is 12.0 Å². The van der Waals surface area contributed by atoms with Crippen LogP contribution in [0.1, 0.15) is 46.5 Å². The van der Waals surface area contributed by atoms with Crippen molar-refractivity contribution in [1.29, 1.82) is 0 Å². The SMILES string of the molecule is [C-]#[N+]C1(OC(=O)OCC)CCCCC1(C)C. The predicted molar refractivity (Wildman–Crippen MR) is 59.7 cm³/mol. The standard InChI is InChI=1S/C12H19NO3/c1-5-15-10(14)16-12(13-4)9-7-6-8-11(12,2)3/h5-9H2,1-3H3. The third kappa shape index (κ3) is 2.29. The molecule has 0 bridgehead atoms. The van der Waals surface area contributed by atoms with E-state index in [1.807, 2.05) is 13.8 Å². The molecule has 0 aromatic rings. The number of carbonyl (C=O) groups excluding carboxylic acids is 1. The molecule has 0 N–H and O–H groups in total. The highest BCUT2D eigenvalue weighted by atomic mass is 16.7. The van der Waals surface area contributed by atoms with E-state index < -0.39 is 11.9 Å². The lowest BCUT2D eigenvalue weighted by atomic mass is 9.70. The highest BCUT2D eigenvalue weighted by molar-refractivity contribution is 5.61. The summed E-state index contributed by atoms with van der Waals surface area (Å²) in [5.74, 6) is 0. The zero-order chi connectivity index (χ0) is 12.2. The quantitative estimate of drug-likeness (QED) is 0.534. The Bertz CT molecular complexity index is 306. The summed E-state index contributed by atoms with van der Waals surface area (Å²) in [6.45, 7) is 13.3. The molecule has 0 aromatic heterocycles. The summed E-state index contributed by atoms with van der Waals surface area (Å²) in [6.07, 6.45) is 2.77. The first-order chi connectivity index (χ1) is 7.47. The molecule has 16 heavy (non-hydrogen) atoms. The Morgan fingerprint density at radius 3 is 2.50 bits per heavy atom. The molecule has 0 aromatic carbocycles. The Kier molecular flexibility index (Phi) is 3.79. The van der Waals surface area contributed by atoms with E-state index in [4.69, 9.17) is 16.0 Å². The van der Waals surface area contributed by atoms with E-state index in [1.165, 1.54) is 0 Å². The van der Waals surface area contributed by atoms with Gasteiger partial charge in [-0.25, -0.2) is 11.4 Å². The fourth-order valence-electron chi connectivity index (χ4n) is 2.17. The van der Waals surface area contributed by atoms with Crippen LogP contribution in [0.4, 0.5) is 4.79 Å². The van der Waals surface area contributed by atoms with Crippen molar-refractivity contribution in [2.45, 2.75) is 52.2 Å². The third-order valence-electron chi connectivity index (χ3n) is 3.32. The number of hydrogen-bond acceptors (Lipinski definition) is 3. The minimum absolute atomic E-state index is 0.271. The number of rotatable bonds is 2. The summed E-state index contributed by atoms with van der Waals surface area (Å²) < 4.78 is 10.0. The minimum atomic E-state index is -1.04. The van der Waals surface area contributed by atoms with E-state index in [0.717, 1.165) is 19.3 Å². The maximum Gasteiger partial charge on any atom is 0.514 e. The van der Waals surface area contributed by atoms with Gasteiger partial charge < -0.3 is 9.47 Å². The van der Waals surface area contributed by atoms with Crippen LogP contribution in [0.3, 0.4) is 0 Å². The van der Waals surface area contributed by atoms with Crippen LogP contribution in [0.15, 0.2) is 0 Å². The maximum absolute atomic E-state index is 11.4. The van der Waals surface area contributed by atoms with Crippen LogP contribution in [0.25, 0.3) is 4.85 Å². The van der Waals surface area contributed by atoms with Gasteiger partial charge in [0.25, 0.3) is 0 Å². The van der Waals surface area contributed by atoms with Gasteiger partial charge in [-0.3, -0.25) is 4.85 Å². The van der Waals surface area contributed by atoms with E-state index in [-0.39, 0.29) is 12.0 Å². The largest absolute Gasteiger partial charge is 0.514 e. The van der Waals surface area contributed by atoms with Gasteiger partial charge in [-0.15, -0.1) is 0 Å². The number of nitrogens with zero attached hydrogens (tertiary/aromatic N) is 1. The van der Waals surface area contributed by atoms with E-state index in [1.54, 1.807) is 6.92 Å². The van der Waals surface area contributed by atoms with E-state index in [0.29, 0.717) is 6.42 Å². The maximum atomic E-state index is 11.4. The van der Waals surface area contributed by atoms with Crippen molar-refractivity contribution in [2.75, 3.05) is 6.61 Å². The average molecular weight is 225 g/mol. The molecule has 1 fully saturated rings. The minimum Gasteiger partial charge on any atom is -0.434 e. The summed E-state index contributed by atoms with van der Waals surface area (Å²) in [7, 11) is 0. The molecule has 90 valence electrons. The van der Waals surface area contributed by atoms with Crippen molar-refractivity contribution in [3.63, 3.8) is 0 Å². The lowest BCUT2D eigenvalue weighted by molar-refractivity contribution is -0.0929. The zero-order valence-electron chi connectivity index (χ0n) is 10.2. The molecule has 0 aliphatic heterocycles. The fraction of sp³-hybridized carbons (Fsp3) is 0.833. The monoisotopic (exact) mass is 225 g/mol. The molecule has 1 aliphatic carbocycles. The third-order valence-corrected chi connectivity index (χ3v) is 3.32. The molecule has 1 unspecified atom stereocenters. The molecular weight excluding hydrogens is 206 g/mol. The Morgan fingerprint density at radius 1 is 1.38 bits per heavy atom. The lowest BCUT2D eigenvalue weighted by Crippen LogP contribution is -2.48. The van der Waals surface area contributed by atoms with Crippen LogP contribution in [-0.4, -0.2) is 18.5 Å². The lowest BCUT2D eigenvalue weighted by Gasteiger charge is -2.38. The molecule has 0 amide bonds. The number of ether oxygens (including phenoxy) is 2. The average Bonchev–Trinajstić information content (AvgIpc) is 2.21. The molecule has 0 radical (unpaired) electrons. The van der Waals surface area contributed by atoms with Crippen molar-refractivity contribution in [3.05, 3.63) is 11.4 Å². The van der Waals surface area contributed by atoms with Gasteiger partial charge in [-0.05, 0) is 33.6 Å². The Labute approximate surface area is 96.7 Å². The fourth-order valence-corrected chi connectivity index (χ4v) is 2.17. The second kappa shape index (κ2) is 4.73. The van der Waals surface area contributed by atoms with Crippen molar-refractivity contribution in [1.82, 2.24) is 0 Å². The van der Waals surface area contributed by atoms with Gasteiger partial charge in [0.15, 0.2) is 0 Å². The second-order valence-electron chi connectivity index (χ2n) is 4.77. The van der Waals surface area contributed by atoms with Crippen LogP contribution < -0.4 is 0 Å². The van der Waals surface area contributed by atoms with Crippen molar-refractivity contribution in [3.8, 4) is 0 Å². The highest BCUT2D eigenvalue weighted by Gasteiger charge is 2.57. The first-order valence-electron chi connectivity index (χ1n) is 5.72. The van der Waals surface area contributed by atoms with Gasteiger partial charge in [-0.1, -0.05) is 6.42 Å². The Hall–Kier alpha value is -1.24. The topological polar surface area (TPSA) is 39.9 Å². The molecule has 1 aliphatic rings. The van der Waals surface area contributed by atoms with Gasteiger partial charge >= 0.3 is 11.9 Å². The summed E-state index contributed by atoms with van der Waals surface area (Å²) >= 11 is 0. The van der Waals surface area contributed by atoms with Crippen molar-refractivity contribution < 1.29 is 14.3 Å². The first kappa shape index (κ1) is 12.8. The highest BCUT2D eigenvalue weighted by Crippen LogP contribution is 2.47. The van der Waals surface area contributed by atoms with Gasteiger partial charge in [-0.2, -0.15) is 0 Å². The molecule has 4 nitrogen and oxygen atoms in total. The molecule has 4 heteroatoms. The van der Waals surface area contributed by atoms with Crippen molar-refractivity contribution in [2.24, 2.45) is 5.41 Å². The van der Waals surface area contributed by atoms with Crippen LogP contribution in [0.2, 0.25) is 0 Å². The van der Waals surface area contributed by atoms with Crippen molar-refractivity contribution >= 4 is 6.16 Å². The molecule has 0 spiro atoms. The molecule has 1 rings (SSSR count). The molecular formula is C12H19NO3. The van der Waals surface area contributed by atoms with Crippen LogP contribution >= 0.6 is 0 Å². The zero-order valence-corrected chi connectivity index (χ0v) is 10.2. The summed E-state index contributed by atoms with van der Waals surface area (Å²) in [4.78, 5) is 15.0.